The zero-order valence-corrected chi connectivity index (χ0v) is 18.8. The number of rotatable bonds is 5. The summed E-state index contributed by atoms with van der Waals surface area (Å²) < 4.78 is 2.32. The summed E-state index contributed by atoms with van der Waals surface area (Å²) in [5.74, 6) is 1.30. The van der Waals surface area contributed by atoms with E-state index in [1.807, 2.05) is 44.0 Å². The molecule has 0 aromatic carbocycles. The van der Waals surface area contributed by atoms with Gasteiger partial charge < -0.3 is 25.4 Å². The number of aromatic nitrogens is 5. The maximum absolute atomic E-state index is 4.91. The molecule has 0 radical (unpaired) electrons. The van der Waals surface area contributed by atoms with E-state index in [1.165, 1.54) is 0 Å². The molecular weight excluding hydrogens is 414 g/mol. The van der Waals surface area contributed by atoms with E-state index in [0.717, 1.165) is 78.9 Å². The van der Waals surface area contributed by atoms with Crippen LogP contribution in [0.1, 0.15) is 25.3 Å². The fourth-order valence-corrected chi connectivity index (χ4v) is 5.14. The maximum Gasteiger partial charge on any atom is 0.230 e. The third-order valence-electron chi connectivity index (χ3n) is 7.00. The number of pyridine rings is 2. The Labute approximate surface area is 192 Å². The second-order valence-corrected chi connectivity index (χ2v) is 8.92. The highest BCUT2D eigenvalue weighted by molar-refractivity contribution is 6.06. The smallest absolute Gasteiger partial charge is 0.230 e. The molecule has 4 aromatic heterocycles. The van der Waals surface area contributed by atoms with Gasteiger partial charge in [0.1, 0.15) is 11.5 Å². The van der Waals surface area contributed by atoms with Crippen LogP contribution in [0.2, 0.25) is 0 Å². The molecule has 170 valence electrons. The summed E-state index contributed by atoms with van der Waals surface area (Å²) in [4.78, 5) is 20.9. The minimum atomic E-state index is 0.362. The molecule has 6 heterocycles. The van der Waals surface area contributed by atoms with Gasteiger partial charge in [-0.05, 0) is 51.1 Å². The molecule has 1 atom stereocenters. The van der Waals surface area contributed by atoms with E-state index < -0.39 is 0 Å². The molecule has 9 nitrogen and oxygen atoms in total. The number of piperidine rings is 1. The fraction of sp³-hybridized carbons (Fsp3) is 0.417. The van der Waals surface area contributed by atoms with Gasteiger partial charge in [0.25, 0.3) is 0 Å². The minimum Gasteiger partial charge on any atom is -0.370 e. The number of fused-ring (bicyclic) bond motifs is 3. The summed E-state index contributed by atoms with van der Waals surface area (Å²) >= 11 is 0. The SMILES string of the molecule is CNC1CCN(c2ccc(Nc3ncc4c5ccncc5n([C@@H]5CCNC5)c4n3)nc2)CC1. The van der Waals surface area contributed by atoms with Gasteiger partial charge in [0.15, 0.2) is 0 Å². The number of anilines is 3. The summed E-state index contributed by atoms with van der Waals surface area (Å²) in [6, 6.07) is 7.16. The van der Waals surface area contributed by atoms with Crippen LogP contribution >= 0.6 is 0 Å². The van der Waals surface area contributed by atoms with Gasteiger partial charge in [-0.15, -0.1) is 0 Å². The van der Waals surface area contributed by atoms with Crippen LogP contribution in [0.15, 0.2) is 43.0 Å². The van der Waals surface area contributed by atoms with Crippen molar-refractivity contribution in [2.75, 3.05) is 43.4 Å². The molecule has 33 heavy (non-hydrogen) atoms. The van der Waals surface area contributed by atoms with E-state index >= 15 is 0 Å². The summed E-state index contributed by atoms with van der Waals surface area (Å²) in [6.07, 6.45) is 11.0. The van der Waals surface area contributed by atoms with E-state index in [1.54, 1.807) is 0 Å². The highest BCUT2D eigenvalue weighted by atomic mass is 15.2. The normalized spacial score (nSPS) is 19.5. The molecule has 4 aromatic rings. The van der Waals surface area contributed by atoms with Crippen molar-refractivity contribution < 1.29 is 0 Å². The molecule has 2 aliphatic rings. The van der Waals surface area contributed by atoms with Crippen molar-refractivity contribution in [2.45, 2.75) is 31.3 Å². The topological polar surface area (TPSA) is 95.8 Å². The van der Waals surface area contributed by atoms with Crippen molar-refractivity contribution in [2.24, 2.45) is 0 Å². The molecule has 0 bridgehead atoms. The summed E-state index contributed by atoms with van der Waals surface area (Å²) in [5, 5.41) is 12.3. The first-order valence-electron chi connectivity index (χ1n) is 11.8. The van der Waals surface area contributed by atoms with Crippen molar-refractivity contribution in [3.8, 4) is 0 Å². The molecule has 3 N–H and O–H groups in total. The van der Waals surface area contributed by atoms with Crippen molar-refractivity contribution in [1.82, 2.24) is 35.1 Å². The molecule has 0 aliphatic carbocycles. The van der Waals surface area contributed by atoms with Gasteiger partial charge in [-0.25, -0.2) is 9.97 Å². The Kier molecular flexibility index (Phi) is 5.27. The van der Waals surface area contributed by atoms with Crippen molar-refractivity contribution >= 4 is 39.4 Å². The molecule has 0 amide bonds. The molecule has 9 heteroatoms. The standard InChI is InChI=1S/C24H29N9/c1-25-16-6-10-32(11-7-16)17-2-3-22(28-13-17)30-24-29-14-20-19-5-9-27-15-21(19)33(23(20)31-24)18-4-8-26-12-18/h2-3,5,9,13-16,18,25-26H,4,6-8,10-12H2,1H3,(H,28,29,30,31)/t18-/m1/s1. The number of hydrogen-bond donors (Lipinski definition) is 3. The second-order valence-electron chi connectivity index (χ2n) is 8.92. The van der Waals surface area contributed by atoms with Crippen LogP contribution in [0.25, 0.3) is 21.9 Å². The molecular formula is C24H29N9. The molecule has 6 rings (SSSR count). The molecule has 0 saturated carbocycles. The lowest BCUT2D eigenvalue weighted by atomic mass is 10.1. The summed E-state index contributed by atoms with van der Waals surface area (Å²) in [7, 11) is 2.04. The third kappa shape index (κ3) is 3.77. The first-order valence-corrected chi connectivity index (χ1v) is 11.8. The predicted octanol–water partition coefficient (Wildman–Crippen LogP) is 2.84. The quantitative estimate of drug-likeness (QED) is 0.433. The van der Waals surface area contributed by atoms with Crippen molar-refractivity contribution in [3.05, 3.63) is 43.0 Å². The Balaban J connectivity index is 1.27. The van der Waals surface area contributed by atoms with Crippen molar-refractivity contribution in [3.63, 3.8) is 0 Å². The Morgan fingerprint density at radius 1 is 1.00 bits per heavy atom. The average molecular weight is 444 g/mol. The number of hydrogen-bond acceptors (Lipinski definition) is 8. The lowest BCUT2D eigenvalue weighted by Gasteiger charge is -2.33. The second kappa shape index (κ2) is 8.57. The lowest BCUT2D eigenvalue weighted by Crippen LogP contribution is -2.41. The Morgan fingerprint density at radius 3 is 2.67 bits per heavy atom. The van der Waals surface area contributed by atoms with E-state index in [9.17, 15) is 0 Å². The highest BCUT2D eigenvalue weighted by Crippen LogP contribution is 2.32. The maximum atomic E-state index is 4.91. The van der Waals surface area contributed by atoms with Crippen LogP contribution in [0.3, 0.4) is 0 Å². The van der Waals surface area contributed by atoms with E-state index in [2.05, 4.69) is 46.4 Å². The predicted molar refractivity (Wildman–Crippen MR) is 131 cm³/mol. The van der Waals surface area contributed by atoms with E-state index in [4.69, 9.17) is 4.98 Å². The van der Waals surface area contributed by atoms with Crippen molar-refractivity contribution in [1.29, 1.82) is 0 Å². The van der Waals surface area contributed by atoms with Gasteiger partial charge in [0, 0.05) is 54.9 Å². The number of nitrogens with one attached hydrogen (secondary N) is 3. The van der Waals surface area contributed by atoms with Gasteiger partial charge in [0.2, 0.25) is 5.95 Å². The van der Waals surface area contributed by atoms with E-state index in [0.29, 0.717) is 18.0 Å². The molecule has 2 aliphatic heterocycles. The lowest BCUT2D eigenvalue weighted by molar-refractivity contribution is 0.442. The average Bonchev–Trinajstić information content (AvgIpc) is 3.50. The molecule has 2 fully saturated rings. The van der Waals surface area contributed by atoms with E-state index in [-0.39, 0.29) is 0 Å². The largest absolute Gasteiger partial charge is 0.370 e. The third-order valence-corrected chi connectivity index (χ3v) is 7.00. The van der Waals surface area contributed by atoms with Crippen LogP contribution in [0.4, 0.5) is 17.5 Å². The fourth-order valence-electron chi connectivity index (χ4n) is 5.14. The molecule has 2 saturated heterocycles. The molecule has 0 unspecified atom stereocenters. The van der Waals surface area contributed by atoms with Gasteiger partial charge in [-0.2, -0.15) is 4.98 Å². The zero-order valence-electron chi connectivity index (χ0n) is 18.8. The highest BCUT2D eigenvalue weighted by Gasteiger charge is 2.23. The molecule has 0 spiro atoms. The Bertz CT molecular complexity index is 1250. The van der Waals surface area contributed by atoms with Crippen LogP contribution in [-0.4, -0.2) is 63.8 Å². The first-order chi connectivity index (χ1) is 16.3. The van der Waals surface area contributed by atoms with Crippen LogP contribution < -0.4 is 20.9 Å². The Morgan fingerprint density at radius 2 is 1.91 bits per heavy atom. The van der Waals surface area contributed by atoms with Crippen LogP contribution in [-0.2, 0) is 0 Å². The summed E-state index contributed by atoms with van der Waals surface area (Å²) in [6.45, 7) is 4.06. The van der Waals surface area contributed by atoms with Gasteiger partial charge in [-0.1, -0.05) is 0 Å². The number of nitrogens with zero attached hydrogens (tertiary/aromatic N) is 6. The zero-order chi connectivity index (χ0) is 22.2. The van der Waals surface area contributed by atoms with Gasteiger partial charge in [0.05, 0.1) is 23.6 Å². The van der Waals surface area contributed by atoms with Crippen LogP contribution in [0, 0.1) is 0 Å². The summed E-state index contributed by atoms with van der Waals surface area (Å²) in [5.41, 5.74) is 3.21. The minimum absolute atomic E-state index is 0.362. The van der Waals surface area contributed by atoms with Crippen LogP contribution in [0.5, 0.6) is 0 Å². The van der Waals surface area contributed by atoms with Gasteiger partial charge in [-0.3, -0.25) is 4.98 Å². The Hall–Kier alpha value is -3.30. The first kappa shape index (κ1) is 20.3. The van der Waals surface area contributed by atoms with Gasteiger partial charge >= 0.3 is 0 Å². The monoisotopic (exact) mass is 443 g/mol.